The van der Waals surface area contributed by atoms with Crippen LogP contribution in [0, 0.1) is 5.41 Å². The average Bonchev–Trinajstić information content (AvgIpc) is 2.99. The number of rotatable bonds is 4. The maximum atomic E-state index is 12.0. The van der Waals surface area contributed by atoms with Crippen molar-refractivity contribution in [2.75, 3.05) is 19.6 Å². The first-order valence-electron chi connectivity index (χ1n) is 7.19. The smallest absolute Gasteiger partial charge is 0.254 e. The molecule has 2 N–H and O–H groups in total. The minimum Gasteiger partial charge on any atom is -0.351 e. The second-order valence-corrected chi connectivity index (χ2v) is 6.20. The molecular weight excluding hydrogens is 240 g/mol. The molecular formula is C14H22N4O. The van der Waals surface area contributed by atoms with Crippen LogP contribution in [0.15, 0.2) is 12.4 Å². The second kappa shape index (κ2) is 4.96. The molecule has 5 nitrogen and oxygen atoms in total. The second-order valence-electron chi connectivity index (χ2n) is 6.20. The van der Waals surface area contributed by atoms with Crippen LogP contribution in [-0.4, -0.2) is 35.3 Å². The third-order valence-electron chi connectivity index (χ3n) is 4.29. The third kappa shape index (κ3) is 2.97. The molecule has 0 bridgehead atoms. The van der Waals surface area contributed by atoms with Crippen molar-refractivity contribution in [3.8, 4) is 0 Å². The van der Waals surface area contributed by atoms with Gasteiger partial charge in [0.1, 0.15) is 0 Å². The van der Waals surface area contributed by atoms with Gasteiger partial charge in [-0.05, 0) is 37.6 Å². The van der Waals surface area contributed by atoms with Crippen molar-refractivity contribution < 1.29 is 4.79 Å². The number of piperidine rings is 1. The van der Waals surface area contributed by atoms with Crippen molar-refractivity contribution >= 4 is 5.91 Å². The van der Waals surface area contributed by atoms with Crippen LogP contribution in [0.3, 0.4) is 0 Å². The van der Waals surface area contributed by atoms with E-state index in [-0.39, 0.29) is 5.91 Å². The maximum Gasteiger partial charge on any atom is 0.254 e. The fourth-order valence-electron chi connectivity index (χ4n) is 2.50. The van der Waals surface area contributed by atoms with Gasteiger partial charge in [0.2, 0.25) is 0 Å². The highest BCUT2D eigenvalue weighted by Crippen LogP contribution is 2.44. The lowest BCUT2D eigenvalue weighted by Crippen LogP contribution is -2.32. The summed E-state index contributed by atoms with van der Waals surface area (Å²) in [6, 6.07) is 0.385. The Balaban J connectivity index is 1.58. The molecule has 1 saturated carbocycles. The van der Waals surface area contributed by atoms with E-state index in [1.165, 1.54) is 19.3 Å². The van der Waals surface area contributed by atoms with E-state index in [1.807, 2.05) is 10.9 Å². The molecule has 1 aromatic rings. The van der Waals surface area contributed by atoms with Gasteiger partial charge in [-0.3, -0.25) is 9.48 Å². The predicted octanol–water partition coefficient (Wildman–Crippen LogP) is 1.34. The van der Waals surface area contributed by atoms with Gasteiger partial charge in [-0.1, -0.05) is 6.92 Å². The summed E-state index contributed by atoms with van der Waals surface area (Å²) in [5.41, 5.74) is 1.02. The van der Waals surface area contributed by atoms with Gasteiger partial charge in [-0.25, -0.2) is 0 Å². The van der Waals surface area contributed by atoms with Crippen LogP contribution >= 0.6 is 0 Å². The van der Waals surface area contributed by atoms with E-state index in [1.54, 1.807) is 6.20 Å². The molecule has 1 aromatic heterocycles. The number of nitrogens with zero attached hydrogens (tertiary/aromatic N) is 2. The van der Waals surface area contributed by atoms with Crippen LogP contribution in [0.25, 0.3) is 0 Å². The normalized spacial score (nSPS) is 25.0. The van der Waals surface area contributed by atoms with E-state index in [9.17, 15) is 4.79 Å². The van der Waals surface area contributed by atoms with Crippen LogP contribution < -0.4 is 10.6 Å². The molecule has 19 heavy (non-hydrogen) atoms. The van der Waals surface area contributed by atoms with Gasteiger partial charge < -0.3 is 10.6 Å². The standard InChI is InChI=1S/C14H22N4O/c1-14(4-5-14)10-16-13(19)11-7-17-18(9-11)12-3-2-6-15-8-12/h7,9,12,15H,2-6,8,10H2,1H3,(H,16,19). The van der Waals surface area contributed by atoms with E-state index in [2.05, 4.69) is 22.7 Å². The Hall–Kier alpha value is -1.36. The average molecular weight is 262 g/mol. The summed E-state index contributed by atoms with van der Waals surface area (Å²) in [6.45, 7) is 5.02. The molecule has 1 unspecified atom stereocenters. The fourth-order valence-corrected chi connectivity index (χ4v) is 2.50. The molecule has 3 rings (SSSR count). The highest BCUT2D eigenvalue weighted by molar-refractivity contribution is 5.93. The maximum absolute atomic E-state index is 12.0. The number of carbonyl (C=O) groups excluding carboxylic acids is 1. The van der Waals surface area contributed by atoms with Gasteiger partial charge in [-0.15, -0.1) is 0 Å². The Kier molecular flexibility index (Phi) is 3.31. The molecule has 1 aliphatic heterocycles. The largest absolute Gasteiger partial charge is 0.351 e. The zero-order valence-corrected chi connectivity index (χ0v) is 11.5. The summed E-state index contributed by atoms with van der Waals surface area (Å²) in [5.74, 6) is 0.00291. The molecule has 1 amide bonds. The molecule has 2 fully saturated rings. The highest BCUT2D eigenvalue weighted by atomic mass is 16.1. The van der Waals surface area contributed by atoms with E-state index in [0.29, 0.717) is 17.0 Å². The summed E-state index contributed by atoms with van der Waals surface area (Å²) in [6.07, 6.45) is 8.31. The lowest BCUT2D eigenvalue weighted by atomic mass is 10.1. The van der Waals surface area contributed by atoms with Crippen LogP contribution in [0.1, 0.15) is 49.0 Å². The Morgan fingerprint density at radius 2 is 2.47 bits per heavy atom. The summed E-state index contributed by atoms with van der Waals surface area (Å²) in [7, 11) is 0. The van der Waals surface area contributed by atoms with Crippen molar-refractivity contribution in [2.24, 2.45) is 5.41 Å². The SMILES string of the molecule is CC1(CNC(=O)c2cnn(C3CCCNC3)c2)CC1. The Labute approximate surface area is 113 Å². The van der Waals surface area contributed by atoms with Crippen molar-refractivity contribution in [1.82, 2.24) is 20.4 Å². The van der Waals surface area contributed by atoms with Crippen molar-refractivity contribution in [2.45, 2.75) is 38.6 Å². The predicted molar refractivity (Wildman–Crippen MR) is 73.0 cm³/mol. The van der Waals surface area contributed by atoms with E-state index in [4.69, 9.17) is 0 Å². The van der Waals surface area contributed by atoms with E-state index >= 15 is 0 Å². The first kappa shape index (κ1) is 12.7. The number of amides is 1. The number of hydrogen-bond acceptors (Lipinski definition) is 3. The molecule has 0 radical (unpaired) electrons. The van der Waals surface area contributed by atoms with Gasteiger partial charge in [0.15, 0.2) is 0 Å². The molecule has 5 heteroatoms. The van der Waals surface area contributed by atoms with Gasteiger partial charge in [0.25, 0.3) is 5.91 Å². The van der Waals surface area contributed by atoms with Crippen molar-refractivity contribution in [3.63, 3.8) is 0 Å². The molecule has 2 heterocycles. The van der Waals surface area contributed by atoms with Gasteiger partial charge in [0.05, 0.1) is 17.8 Å². The van der Waals surface area contributed by atoms with Crippen LogP contribution in [0.5, 0.6) is 0 Å². The van der Waals surface area contributed by atoms with E-state index < -0.39 is 0 Å². The summed E-state index contributed by atoms with van der Waals surface area (Å²) < 4.78 is 1.93. The number of carbonyl (C=O) groups is 1. The highest BCUT2D eigenvalue weighted by Gasteiger charge is 2.37. The van der Waals surface area contributed by atoms with Gasteiger partial charge >= 0.3 is 0 Å². The Morgan fingerprint density at radius 1 is 1.63 bits per heavy atom. The minimum absolute atomic E-state index is 0.00291. The van der Waals surface area contributed by atoms with E-state index in [0.717, 1.165) is 26.1 Å². The molecule has 104 valence electrons. The summed E-state index contributed by atoms with van der Waals surface area (Å²) >= 11 is 0. The Morgan fingerprint density at radius 3 is 3.16 bits per heavy atom. The quantitative estimate of drug-likeness (QED) is 0.861. The van der Waals surface area contributed by atoms with Crippen LogP contribution in [0.4, 0.5) is 0 Å². The molecule has 1 saturated heterocycles. The molecule has 0 aromatic carbocycles. The number of nitrogens with one attached hydrogen (secondary N) is 2. The zero-order valence-electron chi connectivity index (χ0n) is 11.5. The minimum atomic E-state index is 0.00291. The first-order chi connectivity index (χ1) is 9.16. The lowest BCUT2D eigenvalue weighted by Gasteiger charge is -2.22. The first-order valence-corrected chi connectivity index (χ1v) is 7.19. The molecule has 1 aliphatic carbocycles. The van der Waals surface area contributed by atoms with Gasteiger partial charge in [-0.2, -0.15) is 5.10 Å². The van der Waals surface area contributed by atoms with Crippen LogP contribution in [0.2, 0.25) is 0 Å². The number of aromatic nitrogens is 2. The lowest BCUT2D eigenvalue weighted by molar-refractivity contribution is 0.0946. The summed E-state index contributed by atoms with van der Waals surface area (Å²) in [4.78, 5) is 12.0. The zero-order chi connectivity index (χ0) is 13.3. The molecule has 1 atom stereocenters. The third-order valence-corrected chi connectivity index (χ3v) is 4.29. The van der Waals surface area contributed by atoms with Crippen LogP contribution in [-0.2, 0) is 0 Å². The monoisotopic (exact) mass is 262 g/mol. The van der Waals surface area contributed by atoms with Crippen molar-refractivity contribution in [3.05, 3.63) is 18.0 Å². The Bertz CT molecular complexity index is 458. The molecule has 2 aliphatic rings. The van der Waals surface area contributed by atoms with Crippen molar-refractivity contribution in [1.29, 1.82) is 0 Å². The van der Waals surface area contributed by atoms with Gasteiger partial charge in [0, 0.05) is 19.3 Å². The number of hydrogen-bond donors (Lipinski definition) is 2. The topological polar surface area (TPSA) is 59.0 Å². The molecule has 0 spiro atoms. The summed E-state index contributed by atoms with van der Waals surface area (Å²) in [5, 5.41) is 10.7. The fraction of sp³-hybridized carbons (Fsp3) is 0.714.